The number of rotatable bonds is 1. The van der Waals surface area contributed by atoms with E-state index in [0.717, 1.165) is 24.1 Å². The van der Waals surface area contributed by atoms with Crippen LogP contribution < -0.4 is 10.5 Å². The Morgan fingerprint density at radius 1 is 1.28 bits per heavy atom. The van der Waals surface area contributed by atoms with Gasteiger partial charge in [-0.25, -0.2) is 4.98 Å². The van der Waals surface area contributed by atoms with Crippen molar-refractivity contribution in [3.63, 3.8) is 0 Å². The molecule has 3 aromatic rings. The molecule has 1 aliphatic rings. The Labute approximate surface area is 149 Å². The van der Waals surface area contributed by atoms with Gasteiger partial charge in [0.15, 0.2) is 0 Å². The van der Waals surface area contributed by atoms with Gasteiger partial charge in [0.05, 0.1) is 16.6 Å². The average Bonchev–Trinajstić information content (AvgIpc) is 2.94. The number of carbonyl (C=O) groups excluding carboxylic acids is 1. The van der Waals surface area contributed by atoms with Gasteiger partial charge in [-0.15, -0.1) is 11.3 Å². The van der Waals surface area contributed by atoms with Crippen molar-refractivity contribution in [2.45, 2.75) is 26.7 Å². The van der Waals surface area contributed by atoms with E-state index in [1.54, 1.807) is 7.05 Å². The Balaban J connectivity index is 1.83. The van der Waals surface area contributed by atoms with Crippen molar-refractivity contribution in [1.82, 2.24) is 9.55 Å². The molecule has 0 radical (unpaired) electrons. The van der Waals surface area contributed by atoms with Crippen molar-refractivity contribution >= 4 is 33.1 Å². The van der Waals surface area contributed by atoms with Crippen LogP contribution in [0.25, 0.3) is 10.2 Å². The van der Waals surface area contributed by atoms with Gasteiger partial charge >= 0.3 is 0 Å². The minimum absolute atomic E-state index is 0.0349. The highest BCUT2D eigenvalue weighted by atomic mass is 32.1. The lowest BCUT2D eigenvalue weighted by Crippen LogP contribution is -2.35. The normalized spacial score (nSPS) is 14.0. The first-order valence-electron chi connectivity index (χ1n) is 8.33. The Kier molecular flexibility index (Phi) is 3.72. The average molecular weight is 353 g/mol. The molecule has 2 aromatic heterocycles. The van der Waals surface area contributed by atoms with E-state index in [2.05, 4.69) is 18.0 Å². The second-order valence-corrected chi connectivity index (χ2v) is 7.59. The molecule has 6 heteroatoms. The van der Waals surface area contributed by atoms with Crippen molar-refractivity contribution in [3.8, 4) is 0 Å². The van der Waals surface area contributed by atoms with Crippen LogP contribution in [-0.2, 0) is 13.5 Å². The second kappa shape index (κ2) is 5.81. The molecule has 1 aliphatic heterocycles. The van der Waals surface area contributed by atoms with Gasteiger partial charge in [0.2, 0.25) is 0 Å². The fourth-order valence-corrected chi connectivity index (χ4v) is 4.56. The number of fused-ring (bicyclic) bond motifs is 2. The smallest absolute Gasteiger partial charge is 0.268 e. The lowest BCUT2D eigenvalue weighted by Gasteiger charge is -2.29. The van der Waals surface area contributed by atoms with Crippen LogP contribution in [0.1, 0.15) is 32.8 Å². The topological polar surface area (TPSA) is 55.2 Å². The molecule has 128 valence electrons. The summed E-state index contributed by atoms with van der Waals surface area (Å²) in [5.74, 6) is -0.0349. The molecule has 0 spiro atoms. The summed E-state index contributed by atoms with van der Waals surface area (Å²) in [4.78, 5) is 33.0. The molecule has 3 heterocycles. The summed E-state index contributed by atoms with van der Waals surface area (Å²) in [5, 5.41) is 0.555. The van der Waals surface area contributed by atoms with E-state index < -0.39 is 0 Å². The zero-order chi connectivity index (χ0) is 17.7. The van der Waals surface area contributed by atoms with E-state index in [1.165, 1.54) is 33.4 Å². The van der Waals surface area contributed by atoms with Gasteiger partial charge in [0.1, 0.15) is 4.83 Å². The summed E-state index contributed by atoms with van der Waals surface area (Å²) >= 11 is 1.31. The highest BCUT2D eigenvalue weighted by Crippen LogP contribution is 2.33. The maximum Gasteiger partial charge on any atom is 0.268 e. The Bertz CT molecular complexity index is 1060. The number of nitrogens with zero attached hydrogens (tertiary/aromatic N) is 3. The summed E-state index contributed by atoms with van der Waals surface area (Å²) in [6.07, 6.45) is 3.45. The SMILES string of the molecule is Cc1ccc2c(c1)CCCN2C(=O)c1sc2ncn(C)c(=O)c2c1C. The number of hydrogen-bond acceptors (Lipinski definition) is 4. The molecule has 1 aromatic carbocycles. The number of carbonyl (C=O) groups is 1. The third-order valence-corrected chi connectivity index (χ3v) is 5.99. The molecule has 0 aliphatic carbocycles. The summed E-state index contributed by atoms with van der Waals surface area (Å²) in [5.41, 5.74) is 4.04. The fraction of sp³-hybridized carbons (Fsp3) is 0.316. The maximum absolute atomic E-state index is 13.2. The molecular formula is C19H19N3O2S. The van der Waals surface area contributed by atoms with Gasteiger partial charge in [0, 0.05) is 19.3 Å². The van der Waals surface area contributed by atoms with Crippen molar-refractivity contribution in [2.75, 3.05) is 11.4 Å². The Morgan fingerprint density at radius 3 is 2.88 bits per heavy atom. The van der Waals surface area contributed by atoms with Crippen LogP contribution in [0.4, 0.5) is 5.69 Å². The summed E-state index contributed by atoms with van der Waals surface area (Å²) in [7, 11) is 1.68. The molecule has 0 N–H and O–H groups in total. The summed E-state index contributed by atoms with van der Waals surface area (Å²) in [6, 6.07) is 6.23. The summed E-state index contributed by atoms with van der Waals surface area (Å²) < 4.78 is 1.45. The van der Waals surface area contributed by atoms with Crippen LogP contribution in [-0.4, -0.2) is 22.0 Å². The minimum Gasteiger partial charge on any atom is -0.307 e. The molecule has 0 atom stereocenters. The van der Waals surface area contributed by atoms with E-state index in [0.29, 0.717) is 21.6 Å². The molecule has 0 bridgehead atoms. The van der Waals surface area contributed by atoms with Gasteiger partial charge in [-0.3, -0.25) is 9.59 Å². The van der Waals surface area contributed by atoms with Crippen molar-refractivity contribution in [3.05, 3.63) is 56.4 Å². The Morgan fingerprint density at radius 2 is 2.08 bits per heavy atom. The van der Waals surface area contributed by atoms with Gasteiger partial charge in [-0.05, 0) is 43.9 Å². The number of anilines is 1. The van der Waals surface area contributed by atoms with Crippen LogP contribution >= 0.6 is 11.3 Å². The number of hydrogen-bond donors (Lipinski definition) is 0. The highest BCUT2D eigenvalue weighted by Gasteiger charge is 2.27. The number of benzene rings is 1. The van der Waals surface area contributed by atoms with Crippen molar-refractivity contribution < 1.29 is 4.79 Å². The van der Waals surface area contributed by atoms with E-state index >= 15 is 0 Å². The number of aromatic nitrogens is 2. The van der Waals surface area contributed by atoms with Gasteiger partial charge in [-0.1, -0.05) is 17.7 Å². The first kappa shape index (κ1) is 16.0. The predicted molar refractivity (Wildman–Crippen MR) is 101 cm³/mol. The monoisotopic (exact) mass is 353 g/mol. The molecule has 4 rings (SSSR count). The van der Waals surface area contributed by atoms with E-state index in [1.807, 2.05) is 24.0 Å². The van der Waals surface area contributed by atoms with Crippen LogP contribution in [0.2, 0.25) is 0 Å². The maximum atomic E-state index is 13.2. The lowest BCUT2D eigenvalue weighted by molar-refractivity contribution is 0.0988. The zero-order valence-electron chi connectivity index (χ0n) is 14.5. The molecule has 5 nitrogen and oxygen atoms in total. The predicted octanol–water partition coefficient (Wildman–Crippen LogP) is 3.20. The van der Waals surface area contributed by atoms with Gasteiger partial charge in [-0.2, -0.15) is 0 Å². The third kappa shape index (κ3) is 2.48. The molecule has 25 heavy (non-hydrogen) atoms. The molecule has 0 fully saturated rings. The van der Waals surface area contributed by atoms with E-state index in [9.17, 15) is 9.59 Å². The zero-order valence-corrected chi connectivity index (χ0v) is 15.3. The molecular weight excluding hydrogens is 334 g/mol. The quantitative estimate of drug-likeness (QED) is 0.675. The molecule has 0 saturated heterocycles. The molecule has 0 saturated carbocycles. The highest BCUT2D eigenvalue weighted by molar-refractivity contribution is 7.20. The first-order chi connectivity index (χ1) is 12.0. The van der Waals surface area contributed by atoms with Crippen LogP contribution in [0.3, 0.4) is 0 Å². The molecule has 0 unspecified atom stereocenters. The molecule has 1 amide bonds. The van der Waals surface area contributed by atoms with Crippen molar-refractivity contribution in [2.24, 2.45) is 7.05 Å². The second-order valence-electron chi connectivity index (χ2n) is 6.59. The number of amides is 1. The lowest BCUT2D eigenvalue weighted by atomic mass is 9.99. The standard InChI is InChI=1S/C19H19N3O2S/c1-11-6-7-14-13(9-11)5-4-8-22(14)19(24)16-12(2)15-17(25-16)20-10-21(3)18(15)23/h6-7,9-10H,4-5,8H2,1-3H3. The van der Waals surface area contributed by atoms with E-state index in [-0.39, 0.29) is 11.5 Å². The van der Waals surface area contributed by atoms with Crippen LogP contribution in [0.5, 0.6) is 0 Å². The minimum atomic E-state index is -0.104. The number of aryl methyl sites for hydroxylation is 4. The van der Waals surface area contributed by atoms with Crippen LogP contribution in [0, 0.1) is 13.8 Å². The van der Waals surface area contributed by atoms with Gasteiger partial charge < -0.3 is 9.47 Å². The number of thiophene rings is 1. The van der Waals surface area contributed by atoms with Crippen LogP contribution in [0.15, 0.2) is 29.3 Å². The van der Waals surface area contributed by atoms with Crippen molar-refractivity contribution in [1.29, 1.82) is 0 Å². The summed E-state index contributed by atoms with van der Waals surface area (Å²) in [6.45, 7) is 4.61. The largest absolute Gasteiger partial charge is 0.307 e. The Hall–Kier alpha value is -2.47. The third-order valence-electron chi connectivity index (χ3n) is 4.80. The van der Waals surface area contributed by atoms with Gasteiger partial charge in [0.25, 0.3) is 11.5 Å². The first-order valence-corrected chi connectivity index (χ1v) is 9.15. The fourth-order valence-electron chi connectivity index (χ4n) is 3.47. The van der Waals surface area contributed by atoms with E-state index in [4.69, 9.17) is 0 Å².